The third kappa shape index (κ3) is 1.99. The Bertz CT molecular complexity index is 458. The maximum Gasteiger partial charge on any atom is 0.223 e. The average Bonchev–Trinajstić information content (AvgIpc) is 2.63. The van der Waals surface area contributed by atoms with Crippen LogP contribution in [0.2, 0.25) is 5.28 Å². The standard InChI is InChI=1S/C10H11ClN4/c1-3-15-5-4-12-9(15)8-6-7(2)13-10(11)14-8/h4-6H,3H2,1-2H3. The Hall–Kier alpha value is -1.42. The molecule has 0 saturated heterocycles. The third-order valence-corrected chi connectivity index (χ3v) is 2.28. The molecular formula is C10H11ClN4. The van der Waals surface area contributed by atoms with Gasteiger partial charge in [0.15, 0.2) is 5.82 Å². The lowest BCUT2D eigenvalue weighted by molar-refractivity contribution is 0.767. The molecular weight excluding hydrogens is 212 g/mol. The van der Waals surface area contributed by atoms with Crippen LogP contribution in [0.15, 0.2) is 18.5 Å². The Morgan fingerprint density at radius 3 is 2.87 bits per heavy atom. The van der Waals surface area contributed by atoms with E-state index in [0.717, 1.165) is 23.8 Å². The van der Waals surface area contributed by atoms with Crippen LogP contribution < -0.4 is 0 Å². The summed E-state index contributed by atoms with van der Waals surface area (Å²) in [7, 11) is 0. The minimum Gasteiger partial charge on any atom is -0.330 e. The second kappa shape index (κ2) is 3.98. The number of hydrogen-bond acceptors (Lipinski definition) is 3. The van der Waals surface area contributed by atoms with E-state index in [9.17, 15) is 0 Å². The molecule has 0 aliphatic heterocycles. The van der Waals surface area contributed by atoms with E-state index in [1.807, 2.05) is 23.8 Å². The van der Waals surface area contributed by atoms with Gasteiger partial charge in [0.05, 0.1) is 0 Å². The molecule has 0 fully saturated rings. The fourth-order valence-electron chi connectivity index (χ4n) is 1.44. The molecule has 0 spiro atoms. The summed E-state index contributed by atoms with van der Waals surface area (Å²) in [5, 5.41) is 0.260. The Morgan fingerprint density at radius 2 is 2.20 bits per heavy atom. The SMILES string of the molecule is CCn1ccnc1-c1cc(C)nc(Cl)n1. The van der Waals surface area contributed by atoms with Gasteiger partial charge in [0.25, 0.3) is 0 Å². The molecule has 0 saturated carbocycles. The van der Waals surface area contributed by atoms with Crippen molar-refractivity contribution in [2.45, 2.75) is 20.4 Å². The van der Waals surface area contributed by atoms with Crippen molar-refractivity contribution in [1.29, 1.82) is 0 Å². The third-order valence-electron chi connectivity index (χ3n) is 2.11. The van der Waals surface area contributed by atoms with Crippen molar-refractivity contribution in [3.05, 3.63) is 29.4 Å². The normalized spacial score (nSPS) is 10.6. The first-order chi connectivity index (χ1) is 7.20. The van der Waals surface area contributed by atoms with Crippen molar-refractivity contribution in [3.63, 3.8) is 0 Å². The Balaban J connectivity index is 2.53. The van der Waals surface area contributed by atoms with Crippen LogP contribution in [-0.2, 0) is 6.54 Å². The zero-order valence-corrected chi connectivity index (χ0v) is 9.36. The van der Waals surface area contributed by atoms with Gasteiger partial charge in [-0.3, -0.25) is 0 Å². The molecule has 0 radical (unpaired) electrons. The van der Waals surface area contributed by atoms with Crippen LogP contribution in [0.4, 0.5) is 0 Å². The summed E-state index contributed by atoms with van der Waals surface area (Å²) in [4.78, 5) is 12.4. The fraction of sp³-hybridized carbons (Fsp3) is 0.300. The van der Waals surface area contributed by atoms with Crippen LogP contribution >= 0.6 is 11.6 Å². The van der Waals surface area contributed by atoms with Gasteiger partial charge in [-0.25, -0.2) is 15.0 Å². The number of nitrogens with zero attached hydrogens (tertiary/aromatic N) is 4. The van der Waals surface area contributed by atoms with Gasteiger partial charge in [-0.1, -0.05) is 0 Å². The summed E-state index contributed by atoms with van der Waals surface area (Å²) < 4.78 is 2.01. The summed E-state index contributed by atoms with van der Waals surface area (Å²) in [5.74, 6) is 0.824. The molecule has 5 heteroatoms. The number of aromatic nitrogens is 4. The molecule has 2 aromatic heterocycles. The number of imidazole rings is 1. The largest absolute Gasteiger partial charge is 0.330 e. The van der Waals surface area contributed by atoms with Gasteiger partial charge in [0.2, 0.25) is 5.28 Å². The van der Waals surface area contributed by atoms with E-state index in [4.69, 9.17) is 11.6 Å². The fourth-order valence-corrected chi connectivity index (χ4v) is 1.67. The summed E-state index contributed by atoms with van der Waals surface area (Å²) in [6.07, 6.45) is 3.67. The molecule has 2 aromatic rings. The molecule has 0 amide bonds. The highest BCUT2D eigenvalue weighted by Crippen LogP contribution is 2.17. The van der Waals surface area contributed by atoms with Crippen LogP contribution in [0.25, 0.3) is 11.5 Å². The van der Waals surface area contributed by atoms with Crippen molar-refractivity contribution >= 4 is 11.6 Å². The zero-order chi connectivity index (χ0) is 10.8. The minimum absolute atomic E-state index is 0.260. The van der Waals surface area contributed by atoms with E-state index in [2.05, 4.69) is 21.9 Å². The van der Waals surface area contributed by atoms with E-state index >= 15 is 0 Å². The van der Waals surface area contributed by atoms with Crippen LogP contribution in [0.5, 0.6) is 0 Å². The minimum atomic E-state index is 0.260. The molecule has 0 aromatic carbocycles. The first kappa shape index (κ1) is 10.1. The molecule has 0 atom stereocenters. The molecule has 78 valence electrons. The van der Waals surface area contributed by atoms with Gasteiger partial charge in [0, 0.05) is 24.6 Å². The molecule has 4 nitrogen and oxygen atoms in total. The summed E-state index contributed by atoms with van der Waals surface area (Å²) in [5.41, 5.74) is 1.61. The molecule has 2 heterocycles. The number of rotatable bonds is 2. The lowest BCUT2D eigenvalue weighted by Crippen LogP contribution is -1.99. The highest BCUT2D eigenvalue weighted by atomic mass is 35.5. The van der Waals surface area contributed by atoms with Gasteiger partial charge < -0.3 is 4.57 Å². The van der Waals surface area contributed by atoms with Crippen molar-refractivity contribution in [3.8, 4) is 11.5 Å². The van der Waals surface area contributed by atoms with Gasteiger partial charge in [-0.2, -0.15) is 0 Å². The van der Waals surface area contributed by atoms with Crippen LogP contribution in [-0.4, -0.2) is 19.5 Å². The first-order valence-corrected chi connectivity index (χ1v) is 5.11. The van der Waals surface area contributed by atoms with Crippen molar-refractivity contribution < 1.29 is 0 Å². The maximum absolute atomic E-state index is 5.80. The number of aryl methyl sites for hydroxylation is 2. The number of halogens is 1. The molecule has 15 heavy (non-hydrogen) atoms. The molecule has 0 aliphatic rings. The predicted octanol–water partition coefficient (Wildman–Crippen LogP) is 2.32. The van der Waals surface area contributed by atoms with Gasteiger partial charge in [0.1, 0.15) is 5.69 Å². The lowest BCUT2D eigenvalue weighted by atomic mass is 10.3. The lowest BCUT2D eigenvalue weighted by Gasteiger charge is -2.04. The van der Waals surface area contributed by atoms with E-state index < -0.39 is 0 Å². The average molecular weight is 223 g/mol. The van der Waals surface area contributed by atoms with Crippen LogP contribution in [0, 0.1) is 6.92 Å². The van der Waals surface area contributed by atoms with Crippen LogP contribution in [0.3, 0.4) is 0 Å². The van der Waals surface area contributed by atoms with Gasteiger partial charge in [-0.15, -0.1) is 0 Å². The summed E-state index contributed by atoms with van der Waals surface area (Å²) >= 11 is 5.80. The monoisotopic (exact) mass is 222 g/mol. The van der Waals surface area contributed by atoms with Crippen molar-refractivity contribution in [2.24, 2.45) is 0 Å². The van der Waals surface area contributed by atoms with E-state index in [1.54, 1.807) is 6.20 Å². The highest BCUT2D eigenvalue weighted by molar-refractivity contribution is 6.28. The number of hydrogen-bond donors (Lipinski definition) is 0. The molecule has 0 bridgehead atoms. The second-order valence-corrected chi connectivity index (χ2v) is 3.54. The highest BCUT2D eigenvalue weighted by Gasteiger charge is 2.08. The van der Waals surface area contributed by atoms with E-state index in [0.29, 0.717) is 0 Å². The topological polar surface area (TPSA) is 43.6 Å². The van der Waals surface area contributed by atoms with Gasteiger partial charge in [-0.05, 0) is 31.5 Å². The molecule has 0 aliphatic carbocycles. The van der Waals surface area contributed by atoms with E-state index in [1.165, 1.54) is 0 Å². The van der Waals surface area contributed by atoms with E-state index in [-0.39, 0.29) is 5.28 Å². The van der Waals surface area contributed by atoms with Crippen molar-refractivity contribution in [2.75, 3.05) is 0 Å². The molecule has 0 N–H and O–H groups in total. The Morgan fingerprint density at radius 1 is 1.40 bits per heavy atom. The van der Waals surface area contributed by atoms with Crippen LogP contribution in [0.1, 0.15) is 12.6 Å². The zero-order valence-electron chi connectivity index (χ0n) is 8.61. The smallest absolute Gasteiger partial charge is 0.223 e. The molecule has 0 unspecified atom stereocenters. The summed E-state index contributed by atoms with van der Waals surface area (Å²) in [6, 6.07) is 1.88. The second-order valence-electron chi connectivity index (χ2n) is 3.20. The maximum atomic E-state index is 5.80. The van der Waals surface area contributed by atoms with Crippen molar-refractivity contribution in [1.82, 2.24) is 19.5 Å². The first-order valence-electron chi connectivity index (χ1n) is 4.73. The summed E-state index contributed by atoms with van der Waals surface area (Å²) in [6.45, 7) is 4.80. The predicted molar refractivity (Wildman–Crippen MR) is 58.7 cm³/mol. The van der Waals surface area contributed by atoms with Gasteiger partial charge >= 0.3 is 0 Å². The Kier molecular flexibility index (Phi) is 2.68. The quantitative estimate of drug-likeness (QED) is 0.733. The Labute approximate surface area is 93.0 Å². The molecule has 2 rings (SSSR count).